The van der Waals surface area contributed by atoms with Gasteiger partial charge in [0.2, 0.25) is 5.91 Å². The number of piperidine rings is 1. The van der Waals surface area contributed by atoms with E-state index < -0.39 is 0 Å². The average molecular weight is 489 g/mol. The molecule has 3 aliphatic rings. The molecule has 6 nitrogen and oxygen atoms in total. The second-order valence-electron chi connectivity index (χ2n) is 11.2. The lowest BCUT2D eigenvalue weighted by molar-refractivity contribution is -0.137. The number of hydrogen-bond acceptors (Lipinski definition) is 5. The number of carbonyl (C=O) groups is 1. The summed E-state index contributed by atoms with van der Waals surface area (Å²) in [4.78, 5) is 20.4. The van der Waals surface area contributed by atoms with Crippen LogP contribution in [-0.2, 0) is 4.79 Å². The van der Waals surface area contributed by atoms with Crippen LogP contribution in [0.15, 0.2) is 29.3 Å². The summed E-state index contributed by atoms with van der Waals surface area (Å²) in [5.41, 5.74) is 2.37. The van der Waals surface area contributed by atoms with E-state index in [1.165, 1.54) is 18.4 Å². The summed E-state index contributed by atoms with van der Waals surface area (Å²) in [6.07, 6.45) is 6.13. The number of likely N-dealkylation sites (tertiary alicyclic amines) is 1. The zero-order valence-electron chi connectivity index (χ0n) is 20.7. The number of aliphatic hydroxyl groups is 1. The van der Waals surface area contributed by atoms with Crippen molar-refractivity contribution in [2.45, 2.75) is 64.3 Å². The lowest BCUT2D eigenvalue weighted by Gasteiger charge is -2.45. The van der Waals surface area contributed by atoms with Gasteiger partial charge in [0.25, 0.3) is 0 Å². The maximum absolute atomic E-state index is 13.8. The third kappa shape index (κ3) is 6.39. The highest BCUT2D eigenvalue weighted by Gasteiger charge is 2.40. The molecule has 1 aliphatic carbocycles. The molecule has 0 aromatic heterocycles. The predicted molar refractivity (Wildman–Crippen MR) is 138 cm³/mol. The third-order valence-electron chi connectivity index (χ3n) is 8.10. The van der Waals surface area contributed by atoms with E-state index in [0.29, 0.717) is 30.8 Å². The van der Waals surface area contributed by atoms with E-state index in [-0.39, 0.29) is 24.0 Å². The Morgan fingerprint density at radius 3 is 2.71 bits per heavy atom. The molecule has 0 bridgehead atoms. The number of aliphatic hydroxyl groups excluding tert-OH is 1. The molecular formula is C27H41ClN4O2. The molecular weight excluding hydrogens is 448 g/mol. The van der Waals surface area contributed by atoms with Crippen molar-refractivity contribution in [3.63, 3.8) is 0 Å². The van der Waals surface area contributed by atoms with Crippen molar-refractivity contribution in [1.82, 2.24) is 15.5 Å². The van der Waals surface area contributed by atoms with E-state index in [4.69, 9.17) is 11.6 Å². The molecule has 0 radical (unpaired) electrons. The van der Waals surface area contributed by atoms with Gasteiger partial charge in [-0.15, -0.1) is 0 Å². The lowest BCUT2D eigenvalue weighted by Crippen LogP contribution is -2.54. The zero-order chi connectivity index (χ0) is 24.1. The summed E-state index contributed by atoms with van der Waals surface area (Å²) < 4.78 is 0. The number of halogens is 1. The van der Waals surface area contributed by atoms with Gasteiger partial charge >= 0.3 is 0 Å². The Morgan fingerprint density at radius 2 is 2.03 bits per heavy atom. The highest BCUT2D eigenvalue weighted by Crippen LogP contribution is 2.42. The molecule has 1 amide bonds. The van der Waals surface area contributed by atoms with Crippen LogP contribution >= 0.6 is 11.6 Å². The van der Waals surface area contributed by atoms with Gasteiger partial charge in [0, 0.05) is 43.4 Å². The molecule has 2 aliphatic heterocycles. The minimum atomic E-state index is -0.240. The molecule has 1 aromatic rings. The first-order valence-corrected chi connectivity index (χ1v) is 13.3. The fourth-order valence-electron chi connectivity index (χ4n) is 6.18. The van der Waals surface area contributed by atoms with Gasteiger partial charge < -0.3 is 15.3 Å². The number of amides is 1. The molecule has 188 valence electrons. The Bertz CT molecular complexity index is 857. The van der Waals surface area contributed by atoms with Crippen molar-refractivity contribution in [3.8, 4) is 0 Å². The molecule has 2 heterocycles. The molecule has 1 aromatic carbocycles. The number of nitrogens with zero attached hydrogens (tertiary/aromatic N) is 2. The summed E-state index contributed by atoms with van der Waals surface area (Å²) in [7, 11) is 0. The minimum absolute atomic E-state index is 0.0174. The molecule has 1 saturated carbocycles. The van der Waals surface area contributed by atoms with E-state index >= 15 is 0 Å². The van der Waals surface area contributed by atoms with E-state index in [2.05, 4.69) is 46.5 Å². The third-order valence-corrected chi connectivity index (χ3v) is 8.35. The van der Waals surface area contributed by atoms with Crippen LogP contribution in [0.3, 0.4) is 0 Å². The number of rotatable bonds is 8. The molecule has 4 rings (SSSR count). The standard InChI is InChI=1S/C27H41ClN4O2/c1-27(2)17-32(11-10-24(27)21-6-8-22(28)9-7-21)26(34)25(13-23-15-29-18-31-23)30-14-19-4-3-5-20(12-19)16-33/h6-9,19-20,24-25,29-30,33H,3-5,10-18H2,1-2H3/t19?,20?,24?,25-/m1/s1. The van der Waals surface area contributed by atoms with Gasteiger partial charge in [-0.1, -0.05) is 44.0 Å². The number of carbonyl (C=O) groups excluding carboxylic acids is 1. The van der Waals surface area contributed by atoms with Gasteiger partial charge in [-0.3, -0.25) is 15.1 Å². The van der Waals surface area contributed by atoms with Crippen molar-refractivity contribution in [2.75, 3.05) is 39.5 Å². The maximum Gasteiger partial charge on any atom is 0.240 e. The Morgan fingerprint density at radius 1 is 1.26 bits per heavy atom. The monoisotopic (exact) mass is 488 g/mol. The number of hydrogen-bond donors (Lipinski definition) is 3. The summed E-state index contributed by atoms with van der Waals surface area (Å²) in [6, 6.07) is 7.95. The molecule has 1 saturated heterocycles. The number of nitrogens with one attached hydrogen (secondary N) is 2. The van der Waals surface area contributed by atoms with Crippen LogP contribution in [0.2, 0.25) is 5.02 Å². The Labute approximate surface area is 209 Å². The average Bonchev–Trinajstić information content (AvgIpc) is 3.35. The Kier molecular flexibility index (Phi) is 8.67. The highest BCUT2D eigenvalue weighted by molar-refractivity contribution is 6.30. The topological polar surface area (TPSA) is 77.0 Å². The van der Waals surface area contributed by atoms with E-state index in [1.807, 2.05) is 12.1 Å². The molecule has 3 N–H and O–H groups in total. The van der Waals surface area contributed by atoms with E-state index in [1.54, 1.807) is 0 Å². The molecule has 0 spiro atoms. The second kappa shape index (κ2) is 11.5. The summed E-state index contributed by atoms with van der Waals surface area (Å²) in [5.74, 6) is 1.54. The van der Waals surface area contributed by atoms with Gasteiger partial charge in [-0.05, 0) is 73.1 Å². The Hall–Kier alpha value is -1.47. The fraction of sp³-hybridized carbons (Fsp3) is 0.704. The van der Waals surface area contributed by atoms with Crippen LogP contribution in [0.4, 0.5) is 0 Å². The van der Waals surface area contributed by atoms with Crippen molar-refractivity contribution in [1.29, 1.82) is 0 Å². The van der Waals surface area contributed by atoms with Crippen molar-refractivity contribution >= 4 is 23.2 Å². The van der Waals surface area contributed by atoms with Gasteiger partial charge in [-0.2, -0.15) is 0 Å². The number of aliphatic imine (C=N–C) groups is 1. The first-order chi connectivity index (χ1) is 16.4. The molecule has 4 atom stereocenters. The zero-order valence-corrected chi connectivity index (χ0v) is 21.5. The molecule has 7 heteroatoms. The van der Waals surface area contributed by atoms with E-state index in [0.717, 1.165) is 56.2 Å². The van der Waals surface area contributed by atoms with Gasteiger partial charge in [0.05, 0.1) is 12.7 Å². The maximum atomic E-state index is 13.8. The van der Waals surface area contributed by atoms with Gasteiger partial charge in [0.1, 0.15) is 0 Å². The SMILES string of the molecule is CC1(C)CN(C(=O)[C@@H](CC2=NCNC2)NCC2CCCC(CO)C2)CCC1c1ccc(Cl)cc1. The van der Waals surface area contributed by atoms with Crippen molar-refractivity contribution < 1.29 is 9.90 Å². The fourth-order valence-corrected chi connectivity index (χ4v) is 6.31. The summed E-state index contributed by atoms with van der Waals surface area (Å²) in [5, 5.41) is 17.3. The first-order valence-electron chi connectivity index (χ1n) is 13.0. The van der Waals surface area contributed by atoms with Gasteiger partial charge in [-0.25, -0.2) is 0 Å². The minimum Gasteiger partial charge on any atom is -0.396 e. The smallest absolute Gasteiger partial charge is 0.240 e. The van der Waals surface area contributed by atoms with Crippen LogP contribution in [0, 0.1) is 17.3 Å². The second-order valence-corrected chi connectivity index (χ2v) is 11.6. The predicted octanol–water partition coefficient (Wildman–Crippen LogP) is 3.83. The Balaban J connectivity index is 1.41. The summed E-state index contributed by atoms with van der Waals surface area (Å²) in [6.45, 7) is 8.60. The van der Waals surface area contributed by atoms with Crippen molar-refractivity contribution in [3.05, 3.63) is 34.9 Å². The van der Waals surface area contributed by atoms with Crippen LogP contribution in [-0.4, -0.2) is 67.1 Å². The molecule has 3 unspecified atom stereocenters. The molecule has 2 fully saturated rings. The van der Waals surface area contributed by atoms with Crippen LogP contribution < -0.4 is 10.6 Å². The normalized spacial score (nSPS) is 27.9. The molecule has 34 heavy (non-hydrogen) atoms. The number of benzene rings is 1. The van der Waals surface area contributed by atoms with Crippen LogP contribution in [0.25, 0.3) is 0 Å². The van der Waals surface area contributed by atoms with Crippen LogP contribution in [0.5, 0.6) is 0 Å². The summed E-state index contributed by atoms with van der Waals surface area (Å²) >= 11 is 6.11. The van der Waals surface area contributed by atoms with Crippen molar-refractivity contribution in [2.24, 2.45) is 22.2 Å². The van der Waals surface area contributed by atoms with Crippen LogP contribution in [0.1, 0.15) is 63.9 Å². The largest absolute Gasteiger partial charge is 0.396 e. The quantitative estimate of drug-likeness (QED) is 0.519. The lowest BCUT2D eigenvalue weighted by atomic mass is 9.70. The first kappa shape index (κ1) is 25.6. The highest BCUT2D eigenvalue weighted by atomic mass is 35.5. The van der Waals surface area contributed by atoms with E-state index in [9.17, 15) is 9.90 Å². The van der Waals surface area contributed by atoms with Gasteiger partial charge in [0.15, 0.2) is 0 Å².